The van der Waals surface area contributed by atoms with Crippen LogP contribution in [0.2, 0.25) is 0 Å². The Kier molecular flexibility index (Phi) is 7.29. The molecule has 2 aliphatic rings. The quantitative estimate of drug-likeness (QED) is 0.562. The van der Waals surface area contributed by atoms with Gasteiger partial charge in [-0.25, -0.2) is 16.8 Å². The molecule has 2 aromatic carbocycles. The van der Waals surface area contributed by atoms with Crippen LogP contribution in [0.25, 0.3) is 0 Å². The molecule has 0 N–H and O–H groups in total. The lowest BCUT2D eigenvalue weighted by Gasteiger charge is -2.32. The summed E-state index contributed by atoms with van der Waals surface area (Å²) in [6, 6.07) is 13.6. The van der Waals surface area contributed by atoms with Crippen molar-refractivity contribution in [2.45, 2.75) is 60.7 Å². The third-order valence-corrected chi connectivity index (χ3v) is 11.0. The predicted octanol–water partition coefficient (Wildman–Crippen LogP) is 3.69. The SMILES string of the molecule is CC(C)N(CCN1CCCCC1)Cc1cccc2c1C(S(=O)(=O)c1ccccc1)CS2(=O)=O. The molecule has 0 bridgehead atoms. The van der Waals surface area contributed by atoms with Gasteiger partial charge >= 0.3 is 0 Å². The van der Waals surface area contributed by atoms with Crippen LogP contribution >= 0.6 is 0 Å². The van der Waals surface area contributed by atoms with E-state index in [1.807, 2.05) is 6.07 Å². The molecule has 1 unspecified atom stereocenters. The second-order valence-corrected chi connectivity index (χ2v) is 13.6. The smallest absolute Gasteiger partial charge is 0.186 e. The molecule has 2 aliphatic heterocycles. The summed E-state index contributed by atoms with van der Waals surface area (Å²) < 4.78 is 52.9. The lowest BCUT2D eigenvalue weighted by molar-refractivity contribution is 0.154. The van der Waals surface area contributed by atoms with Crippen LogP contribution in [0.1, 0.15) is 49.5 Å². The van der Waals surface area contributed by atoms with E-state index in [0.29, 0.717) is 12.1 Å². The minimum atomic E-state index is -3.84. The van der Waals surface area contributed by atoms with Gasteiger partial charge in [0.05, 0.1) is 15.5 Å². The maximum Gasteiger partial charge on any atom is 0.186 e. The lowest BCUT2D eigenvalue weighted by atomic mass is 10.0. The van der Waals surface area contributed by atoms with E-state index >= 15 is 0 Å². The Morgan fingerprint density at radius 2 is 1.70 bits per heavy atom. The van der Waals surface area contributed by atoms with E-state index in [1.54, 1.807) is 42.5 Å². The van der Waals surface area contributed by atoms with Gasteiger partial charge in [-0.05, 0) is 69.1 Å². The van der Waals surface area contributed by atoms with Crippen molar-refractivity contribution >= 4 is 19.7 Å². The zero-order valence-electron chi connectivity index (χ0n) is 19.5. The Morgan fingerprint density at radius 3 is 2.36 bits per heavy atom. The maximum atomic E-state index is 13.5. The maximum absolute atomic E-state index is 13.5. The van der Waals surface area contributed by atoms with Crippen LogP contribution in [0.4, 0.5) is 0 Å². The summed E-state index contributed by atoms with van der Waals surface area (Å²) in [6.07, 6.45) is 3.78. The lowest BCUT2D eigenvalue weighted by Crippen LogP contribution is -2.40. The first kappa shape index (κ1) is 24.4. The van der Waals surface area contributed by atoms with Crippen molar-refractivity contribution in [1.29, 1.82) is 0 Å². The van der Waals surface area contributed by atoms with Gasteiger partial charge in [0.2, 0.25) is 0 Å². The highest BCUT2D eigenvalue weighted by molar-refractivity contribution is 7.96. The molecule has 1 fully saturated rings. The van der Waals surface area contributed by atoms with Crippen molar-refractivity contribution in [3.8, 4) is 0 Å². The molecular weight excluding hydrogens is 456 g/mol. The molecule has 180 valence electrons. The van der Waals surface area contributed by atoms with Crippen molar-refractivity contribution in [2.24, 2.45) is 0 Å². The molecule has 0 aromatic heterocycles. The average molecular weight is 491 g/mol. The van der Waals surface area contributed by atoms with E-state index in [4.69, 9.17) is 0 Å². The minimum absolute atomic E-state index is 0.165. The number of hydrogen-bond acceptors (Lipinski definition) is 6. The third kappa shape index (κ3) is 5.19. The van der Waals surface area contributed by atoms with Crippen LogP contribution in [-0.4, -0.2) is 64.6 Å². The first-order chi connectivity index (χ1) is 15.7. The summed E-state index contributed by atoms with van der Waals surface area (Å²) in [4.78, 5) is 5.14. The van der Waals surface area contributed by atoms with E-state index in [1.165, 1.54) is 19.3 Å². The fraction of sp³-hybridized carbons (Fsp3) is 0.520. The summed E-state index contributed by atoms with van der Waals surface area (Å²) >= 11 is 0. The number of nitrogens with zero attached hydrogens (tertiary/aromatic N) is 2. The van der Waals surface area contributed by atoms with Gasteiger partial charge in [0.15, 0.2) is 19.7 Å². The van der Waals surface area contributed by atoms with Crippen LogP contribution < -0.4 is 0 Å². The number of likely N-dealkylation sites (tertiary alicyclic amines) is 1. The van der Waals surface area contributed by atoms with E-state index in [0.717, 1.165) is 31.7 Å². The summed E-state index contributed by atoms with van der Waals surface area (Å²) in [5.74, 6) is -0.397. The van der Waals surface area contributed by atoms with Crippen LogP contribution in [0.15, 0.2) is 58.3 Å². The van der Waals surface area contributed by atoms with E-state index < -0.39 is 30.7 Å². The Morgan fingerprint density at radius 1 is 1.00 bits per heavy atom. The second kappa shape index (κ2) is 9.86. The summed E-state index contributed by atoms with van der Waals surface area (Å²) in [5.41, 5.74) is 1.26. The molecule has 1 atom stereocenters. The molecule has 4 rings (SSSR count). The molecule has 33 heavy (non-hydrogen) atoms. The Labute approximate surface area is 198 Å². The third-order valence-electron chi connectivity index (χ3n) is 6.89. The molecule has 0 radical (unpaired) electrons. The molecular formula is C25H34N2O4S2. The van der Waals surface area contributed by atoms with E-state index in [-0.39, 0.29) is 15.8 Å². The van der Waals surface area contributed by atoms with Crippen LogP contribution in [-0.2, 0) is 26.2 Å². The van der Waals surface area contributed by atoms with Gasteiger partial charge in [-0.15, -0.1) is 0 Å². The van der Waals surface area contributed by atoms with E-state index in [2.05, 4.69) is 23.6 Å². The Hall–Kier alpha value is -1.74. The van der Waals surface area contributed by atoms with Gasteiger partial charge in [0.25, 0.3) is 0 Å². The van der Waals surface area contributed by atoms with Crippen molar-refractivity contribution in [2.75, 3.05) is 31.9 Å². The fourth-order valence-corrected chi connectivity index (χ4v) is 9.37. The zero-order chi connectivity index (χ0) is 23.6. The number of rotatable bonds is 8. The van der Waals surface area contributed by atoms with Gasteiger partial charge in [-0.1, -0.05) is 36.8 Å². The topological polar surface area (TPSA) is 74.8 Å². The number of sulfone groups is 2. The Balaban J connectivity index is 1.66. The second-order valence-electron chi connectivity index (χ2n) is 9.42. The summed E-state index contributed by atoms with van der Waals surface area (Å²) in [5, 5.41) is -1.08. The molecule has 1 saturated heterocycles. The van der Waals surface area contributed by atoms with Crippen molar-refractivity contribution in [1.82, 2.24) is 9.80 Å². The van der Waals surface area contributed by atoms with Crippen molar-refractivity contribution in [3.05, 3.63) is 59.7 Å². The molecule has 0 amide bonds. The zero-order valence-corrected chi connectivity index (χ0v) is 21.1. The molecule has 2 heterocycles. The number of fused-ring (bicyclic) bond motifs is 1. The fourth-order valence-electron chi connectivity index (χ4n) is 4.95. The highest BCUT2D eigenvalue weighted by atomic mass is 32.2. The van der Waals surface area contributed by atoms with Gasteiger partial charge in [0.1, 0.15) is 5.25 Å². The molecule has 8 heteroatoms. The van der Waals surface area contributed by atoms with Gasteiger partial charge < -0.3 is 4.90 Å². The summed E-state index contributed by atoms with van der Waals surface area (Å²) in [6.45, 7) is 8.89. The monoisotopic (exact) mass is 490 g/mol. The number of benzene rings is 2. The van der Waals surface area contributed by atoms with Crippen LogP contribution in [0, 0.1) is 0 Å². The van der Waals surface area contributed by atoms with Crippen LogP contribution in [0.3, 0.4) is 0 Å². The molecule has 0 spiro atoms. The highest BCUT2D eigenvalue weighted by Crippen LogP contribution is 2.43. The van der Waals surface area contributed by atoms with E-state index in [9.17, 15) is 16.8 Å². The van der Waals surface area contributed by atoms with Gasteiger partial charge in [0, 0.05) is 25.7 Å². The minimum Gasteiger partial charge on any atom is -0.302 e. The first-order valence-corrected chi connectivity index (χ1v) is 15.0. The predicted molar refractivity (Wildman–Crippen MR) is 131 cm³/mol. The number of hydrogen-bond donors (Lipinski definition) is 0. The standard InChI is InChI=1S/C25H34N2O4S2/c1-20(2)27(17-16-26-14-7-4-8-15-26)18-21-10-9-13-23-25(21)24(19-32(23,28)29)33(30,31)22-11-5-3-6-12-22/h3,5-6,9-13,20,24H,4,7-8,14-19H2,1-2H3. The van der Waals surface area contributed by atoms with Gasteiger partial charge in [-0.2, -0.15) is 0 Å². The van der Waals surface area contributed by atoms with Crippen molar-refractivity contribution in [3.63, 3.8) is 0 Å². The largest absolute Gasteiger partial charge is 0.302 e. The average Bonchev–Trinajstić information content (AvgIpc) is 3.10. The molecule has 6 nitrogen and oxygen atoms in total. The summed E-state index contributed by atoms with van der Waals surface area (Å²) in [7, 11) is -7.50. The molecule has 0 aliphatic carbocycles. The normalized spacial score (nSPS) is 20.9. The number of piperidine rings is 1. The van der Waals surface area contributed by atoms with Crippen molar-refractivity contribution < 1.29 is 16.8 Å². The van der Waals surface area contributed by atoms with Crippen LogP contribution in [0.5, 0.6) is 0 Å². The van der Waals surface area contributed by atoms with Gasteiger partial charge in [-0.3, -0.25) is 4.90 Å². The Bertz CT molecular complexity index is 1170. The first-order valence-electron chi connectivity index (χ1n) is 11.8. The molecule has 2 aromatic rings. The molecule has 0 saturated carbocycles. The highest BCUT2D eigenvalue weighted by Gasteiger charge is 2.44.